The summed E-state index contributed by atoms with van der Waals surface area (Å²) in [6.45, 7) is 0. The second kappa shape index (κ2) is 4.48. The van der Waals surface area contributed by atoms with E-state index in [9.17, 15) is 0 Å². The van der Waals surface area contributed by atoms with E-state index in [1.807, 2.05) is 0 Å². The zero-order valence-corrected chi connectivity index (χ0v) is 9.87. The summed E-state index contributed by atoms with van der Waals surface area (Å²) in [5.74, 6) is 0. The molecular formula is C10H9K. The van der Waals surface area contributed by atoms with E-state index >= 15 is 0 Å². The molecule has 0 aliphatic heterocycles. The fraction of sp³-hybridized carbons (Fsp3) is 0.100. The molecule has 2 rings (SSSR count). The topological polar surface area (TPSA) is 0 Å². The van der Waals surface area contributed by atoms with Crippen LogP contribution in [0.5, 0.6) is 0 Å². The monoisotopic (exact) mass is 168 g/mol. The van der Waals surface area contributed by atoms with Crippen LogP contribution in [0.15, 0.2) is 30.3 Å². The van der Waals surface area contributed by atoms with Crippen LogP contribution in [0.2, 0.25) is 0 Å². The van der Waals surface area contributed by atoms with Gasteiger partial charge in [-0.3, -0.25) is 0 Å². The maximum atomic E-state index is 2.25. The normalized spacial score (nSPS) is 12.7. The smallest absolute Gasteiger partial charge is 0.185 e. The molecule has 0 atom stereocenters. The summed E-state index contributed by atoms with van der Waals surface area (Å²) in [6, 6.07) is 8.44. The molecule has 0 heterocycles. The minimum atomic E-state index is 0. The summed E-state index contributed by atoms with van der Waals surface area (Å²) >= 11 is 0. The molecule has 50 valence electrons. The number of rotatable bonds is 0. The molecule has 0 radical (unpaired) electrons. The number of hydrogen-bond donors (Lipinski definition) is 0. The Bertz CT molecular complexity index is 263. The van der Waals surface area contributed by atoms with E-state index in [1.54, 1.807) is 0 Å². The van der Waals surface area contributed by atoms with Crippen LogP contribution in [-0.2, 0) is 0 Å². The van der Waals surface area contributed by atoms with Crippen molar-refractivity contribution in [3.63, 3.8) is 0 Å². The van der Waals surface area contributed by atoms with Crippen molar-refractivity contribution in [2.24, 2.45) is 0 Å². The molecule has 0 N–H and O–H groups in total. The second-order valence-corrected chi connectivity index (χ2v) is 2.47. The Morgan fingerprint density at radius 1 is 1.18 bits per heavy atom. The van der Waals surface area contributed by atoms with Gasteiger partial charge in [-0.1, -0.05) is 12.5 Å². The van der Waals surface area contributed by atoms with E-state index in [0.29, 0.717) is 0 Å². The first-order chi connectivity index (χ1) is 4.97. The molecule has 0 nitrogen and oxygen atoms in total. The van der Waals surface area contributed by atoms with Crippen LogP contribution >= 0.6 is 0 Å². The molecule has 1 heteroatoms. The number of benzene rings is 1. The average Bonchev–Trinajstić information content (AvgIpc) is 2.05. The fourth-order valence-electron chi connectivity index (χ4n) is 1.24. The summed E-state index contributed by atoms with van der Waals surface area (Å²) < 4.78 is 0. The zero-order valence-electron chi connectivity index (χ0n) is 6.75. The van der Waals surface area contributed by atoms with Crippen molar-refractivity contribution in [3.05, 3.63) is 47.9 Å². The van der Waals surface area contributed by atoms with Crippen LogP contribution < -0.4 is 51.4 Å². The van der Waals surface area contributed by atoms with Crippen molar-refractivity contribution >= 4 is 6.08 Å². The van der Waals surface area contributed by atoms with Crippen LogP contribution in [0, 0.1) is 6.42 Å². The van der Waals surface area contributed by atoms with Gasteiger partial charge in [0.15, 0.2) is 0 Å². The molecule has 0 amide bonds. The molecule has 1 aromatic carbocycles. The van der Waals surface area contributed by atoms with Gasteiger partial charge in [-0.25, -0.2) is 0 Å². The molecule has 0 saturated heterocycles. The first kappa shape index (κ1) is 9.55. The number of hydrogen-bond acceptors (Lipinski definition) is 0. The Kier molecular flexibility index (Phi) is 3.89. The maximum absolute atomic E-state index is 2.25. The van der Waals surface area contributed by atoms with Crippen molar-refractivity contribution < 1.29 is 51.4 Å². The third-order valence-corrected chi connectivity index (χ3v) is 1.77. The summed E-state index contributed by atoms with van der Waals surface area (Å²) in [4.78, 5) is 0. The van der Waals surface area contributed by atoms with Crippen molar-refractivity contribution in [1.29, 1.82) is 0 Å². The minimum Gasteiger partial charge on any atom is -0.185 e. The van der Waals surface area contributed by atoms with Crippen molar-refractivity contribution in [2.45, 2.75) is 6.42 Å². The van der Waals surface area contributed by atoms with Crippen molar-refractivity contribution in [3.8, 4) is 0 Å². The summed E-state index contributed by atoms with van der Waals surface area (Å²) in [5.41, 5.74) is 2.71. The molecule has 11 heavy (non-hydrogen) atoms. The van der Waals surface area contributed by atoms with Gasteiger partial charge in [0, 0.05) is 0 Å². The van der Waals surface area contributed by atoms with Gasteiger partial charge in [0.25, 0.3) is 0 Å². The third-order valence-electron chi connectivity index (χ3n) is 1.77. The van der Waals surface area contributed by atoms with Gasteiger partial charge < -0.3 is 0 Å². The Hall–Kier alpha value is 0.466. The van der Waals surface area contributed by atoms with E-state index in [1.165, 1.54) is 11.1 Å². The van der Waals surface area contributed by atoms with Gasteiger partial charge in [0.2, 0.25) is 0 Å². The first-order valence-corrected chi connectivity index (χ1v) is 3.55. The minimum absolute atomic E-state index is 0. The van der Waals surface area contributed by atoms with Gasteiger partial charge in [0.05, 0.1) is 0 Å². The molecule has 1 aromatic rings. The summed E-state index contributed by atoms with van der Waals surface area (Å²) in [6.07, 6.45) is 7.68. The van der Waals surface area contributed by atoms with Gasteiger partial charge in [-0.05, 0) is 0 Å². The standard InChI is InChI=1S/C10H9.K/c1-2-6-10-8-4-3-7-9(10)5-1;/h1-3,5-8H,4H2;/q-1;+1. The molecule has 0 saturated carbocycles. The van der Waals surface area contributed by atoms with Crippen molar-refractivity contribution in [1.82, 2.24) is 0 Å². The fourth-order valence-corrected chi connectivity index (χ4v) is 1.24. The van der Waals surface area contributed by atoms with Crippen LogP contribution in [0.3, 0.4) is 0 Å². The maximum Gasteiger partial charge on any atom is 1.00 e. The van der Waals surface area contributed by atoms with Crippen molar-refractivity contribution in [2.75, 3.05) is 0 Å². The van der Waals surface area contributed by atoms with Crippen LogP contribution in [0.4, 0.5) is 0 Å². The van der Waals surface area contributed by atoms with Gasteiger partial charge in [0.1, 0.15) is 0 Å². The first-order valence-electron chi connectivity index (χ1n) is 3.55. The third kappa shape index (κ3) is 2.20. The number of fused-ring (bicyclic) bond motifs is 1. The van der Waals surface area contributed by atoms with E-state index in [4.69, 9.17) is 0 Å². The predicted octanol–water partition coefficient (Wildman–Crippen LogP) is -0.340. The van der Waals surface area contributed by atoms with Crippen LogP contribution in [-0.4, -0.2) is 0 Å². The van der Waals surface area contributed by atoms with Crippen LogP contribution in [0.25, 0.3) is 6.08 Å². The Morgan fingerprint density at radius 3 is 2.82 bits per heavy atom. The Labute approximate surface area is 110 Å². The van der Waals surface area contributed by atoms with Gasteiger partial charge in [-0.2, -0.15) is 18.1 Å². The predicted molar refractivity (Wildman–Crippen MR) is 43.5 cm³/mol. The molecule has 0 aromatic heterocycles. The molecule has 1 aliphatic carbocycles. The Morgan fingerprint density at radius 2 is 2.00 bits per heavy atom. The van der Waals surface area contributed by atoms with Gasteiger partial charge in [-0.15, -0.1) is 29.8 Å². The SMILES string of the molecule is C1=Cc2ccccc2[CH-]C1.[K+]. The molecule has 0 fully saturated rings. The zero-order chi connectivity index (χ0) is 6.81. The van der Waals surface area contributed by atoms with E-state index < -0.39 is 0 Å². The van der Waals surface area contributed by atoms with Gasteiger partial charge >= 0.3 is 51.4 Å². The molecule has 0 unspecified atom stereocenters. The molecule has 1 aliphatic rings. The molecule has 0 spiro atoms. The molecular weight excluding hydrogens is 159 g/mol. The van der Waals surface area contributed by atoms with E-state index in [-0.39, 0.29) is 51.4 Å². The van der Waals surface area contributed by atoms with E-state index in [0.717, 1.165) is 6.42 Å². The second-order valence-electron chi connectivity index (χ2n) is 2.47. The largest absolute Gasteiger partial charge is 1.00 e. The molecule has 0 bridgehead atoms. The summed E-state index contributed by atoms with van der Waals surface area (Å²) in [5, 5.41) is 0. The van der Waals surface area contributed by atoms with E-state index in [2.05, 4.69) is 42.8 Å². The average molecular weight is 168 g/mol. The Balaban J connectivity index is 0.000000605. The summed E-state index contributed by atoms with van der Waals surface area (Å²) in [7, 11) is 0. The number of allylic oxidation sites excluding steroid dienone is 1. The quantitative estimate of drug-likeness (QED) is 0.367. The van der Waals surface area contributed by atoms with Crippen LogP contribution in [0.1, 0.15) is 17.5 Å².